The van der Waals surface area contributed by atoms with Crippen LogP contribution in [0.5, 0.6) is 0 Å². The fraction of sp³-hybridized carbons (Fsp3) is 0.443. The third-order valence-electron chi connectivity index (χ3n) is 16.8. The van der Waals surface area contributed by atoms with E-state index < -0.39 is 55.9 Å². The van der Waals surface area contributed by atoms with Crippen LogP contribution >= 0.6 is 34.3 Å². The molecule has 4 aromatic heterocycles. The van der Waals surface area contributed by atoms with Gasteiger partial charge in [0.15, 0.2) is 0 Å². The first-order valence-corrected chi connectivity index (χ1v) is 33.8. The van der Waals surface area contributed by atoms with Crippen LogP contribution in [0.2, 0.25) is 5.15 Å². The monoisotopic (exact) mass is 1220 g/mol. The number of carbonyl (C=O) groups excluding carboxylic acids is 2. The van der Waals surface area contributed by atoms with Crippen LogP contribution in [0.3, 0.4) is 0 Å². The largest absolute Gasteiger partial charge is 0.477 e. The minimum absolute atomic E-state index is 0.0336. The number of piperazine rings is 2. The van der Waals surface area contributed by atoms with Crippen molar-refractivity contribution in [3.05, 3.63) is 124 Å². The summed E-state index contributed by atoms with van der Waals surface area (Å²) < 4.78 is 57.0. The average molecular weight is 1220 g/mol. The number of rotatable bonds is 13. The summed E-state index contributed by atoms with van der Waals surface area (Å²) >= 11 is 8.11. The van der Waals surface area contributed by atoms with Crippen LogP contribution in [-0.4, -0.2) is 121 Å². The molecule has 0 bridgehead atoms. The Hall–Kier alpha value is -6.07. The Morgan fingerprint density at radius 1 is 0.518 bits per heavy atom. The Labute approximate surface area is 499 Å². The predicted octanol–water partition coefficient (Wildman–Crippen LogP) is 12.2. The molecule has 0 unspecified atom stereocenters. The van der Waals surface area contributed by atoms with Crippen molar-refractivity contribution < 1.29 is 46.2 Å². The van der Waals surface area contributed by atoms with E-state index in [1.165, 1.54) is 65.2 Å². The Bertz CT molecular complexity index is 3450. The van der Waals surface area contributed by atoms with E-state index in [0.29, 0.717) is 11.4 Å². The van der Waals surface area contributed by atoms with E-state index >= 15 is 0 Å². The maximum Gasteiger partial charge on any atom is 0.348 e. The molecule has 3 aliphatic carbocycles. The molecule has 12 rings (SSSR count). The van der Waals surface area contributed by atoms with Gasteiger partial charge in [0.25, 0.3) is 0 Å². The van der Waals surface area contributed by atoms with Crippen LogP contribution in [0.4, 0.5) is 17.2 Å². The molecular formula is C61H70ClN7O10S4. The summed E-state index contributed by atoms with van der Waals surface area (Å²) in [5.41, 5.74) is 2.43. The lowest BCUT2D eigenvalue weighted by Gasteiger charge is -2.44. The van der Waals surface area contributed by atoms with Gasteiger partial charge in [-0.2, -0.15) is 8.61 Å². The quantitative estimate of drug-likeness (QED) is 0.103. The summed E-state index contributed by atoms with van der Waals surface area (Å²) in [6, 6.07) is 27.6. The van der Waals surface area contributed by atoms with Crippen molar-refractivity contribution in [3.63, 3.8) is 0 Å². The maximum absolute atomic E-state index is 13.9. The molecule has 0 radical (unpaired) electrons. The van der Waals surface area contributed by atoms with Crippen LogP contribution in [0.15, 0.2) is 119 Å². The first-order chi connectivity index (χ1) is 40.1. The van der Waals surface area contributed by atoms with Gasteiger partial charge in [0, 0.05) is 48.3 Å². The van der Waals surface area contributed by atoms with E-state index in [0.717, 1.165) is 140 Å². The third kappa shape index (κ3) is 13.7. The summed E-state index contributed by atoms with van der Waals surface area (Å²) in [4.78, 5) is 67.6. The SMILES string of the molecule is C1CCCC1.O=C(O)c1sc(-c2ccccc2)cc1N1C(=O)CN(S(=O)(=O)c2ccc(Cl)nc2)C[C@H]1C1CCCCC1.O=C(O)c1sc(-c2ccccc2)cc1N1C(=O)CN(S(=O)(=O)c2ccc(N3CCCC3)nc2)C[C@H]1C1CCCCC1. The summed E-state index contributed by atoms with van der Waals surface area (Å²) in [6.07, 6.45) is 21.9. The van der Waals surface area contributed by atoms with Gasteiger partial charge < -0.3 is 24.9 Å². The number of carboxylic acid groups (broad SMARTS) is 2. The number of hydrogen-bond acceptors (Lipinski definition) is 13. The Kier molecular flexibility index (Phi) is 19.5. The van der Waals surface area contributed by atoms with Crippen molar-refractivity contribution in [1.29, 1.82) is 0 Å². The molecule has 2 atom stereocenters. The van der Waals surface area contributed by atoms with Crippen LogP contribution < -0.4 is 14.7 Å². The summed E-state index contributed by atoms with van der Waals surface area (Å²) in [7, 11) is -7.99. The lowest BCUT2D eigenvalue weighted by Crippen LogP contribution is -2.60. The highest BCUT2D eigenvalue weighted by Crippen LogP contribution is 2.44. The van der Waals surface area contributed by atoms with E-state index in [-0.39, 0.29) is 62.7 Å². The van der Waals surface area contributed by atoms with Crippen molar-refractivity contribution in [2.24, 2.45) is 11.8 Å². The third-order valence-corrected chi connectivity index (χ3v) is 23.0. The van der Waals surface area contributed by atoms with Crippen molar-refractivity contribution in [1.82, 2.24) is 18.6 Å². The molecule has 3 aliphatic heterocycles. The number of hydrogen-bond donors (Lipinski definition) is 2. The lowest BCUT2D eigenvalue weighted by molar-refractivity contribution is -0.122. The standard InChI is InChI=1S/C30H34N4O5S2.C26H26ClN3O5S2.C5H10/c35-28-20-33(41(38,39)23-13-14-27(31-18-23)32-15-7-8-16-32)19-25(21-9-3-1-4-10-21)34(28)24-17-26(40-29(24)30(36)37)22-11-5-2-6-12-22;27-23-12-11-19(14-28-23)37(34,35)29-15-21(17-7-3-1-4-8-17)30(24(31)16-29)20-13-22(36-25(20)26(32)33)18-9-5-2-6-10-18;1-2-4-5-3-1/h2,5-6,11-14,17-18,21,25H,1,3-4,7-10,15-16,19-20H2,(H,36,37);2,5-6,9-14,17,21H,1,3-4,7-8,15-16H2,(H,32,33);1-5H2/t25-;21-;/m00./s1. The molecular weight excluding hydrogens is 1150 g/mol. The molecule has 2 aromatic carbocycles. The fourth-order valence-corrected chi connectivity index (χ4v) is 17.4. The number of amides is 2. The van der Waals surface area contributed by atoms with Gasteiger partial charge in [-0.25, -0.2) is 36.4 Å². The zero-order valence-electron chi connectivity index (χ0n) is 46.3. The molecule has 2 amide bonds. The van der Waals surface area contributed by atoms with Crippen LogP contribution in [0.25, 0.3) is 20.9 Å². The second-order valence-electron chi connectivity index (χ2n) is 22.2. The van der Waals surface area contributed by atoms with E-state index in [9.17, 15) is 46.2 Å². The van der Waals surface area contributed by atoms with Crippen molar-refractivity contribution in [2.75, 3.05) is 54.0 Å². The topological polar surface area (TPSA) is 219 Å². The fourth-order valence-electron chi connectivity index (χ4n) is 12.6. The van der Waals surface area contributed by atoms with Crippen LogP contribution in [0, 0.1) is 11.8 Å². The Balaban J connectivity index is 0.000000172. The minimum atomic E-state index is -4.00. The number of anilines is 3. The molecule has 83 heavy (non-hydrogen) atoms. The highest BCUT2D eigenvalue weighted by atomic mass is 35.5. The molecule has 3 saturated heterocycles. The number of carbonyl (C=O) groups is 4. The normalized spacial score (nSPS) is 20.6. The number of halogens is 1. The number of carboxylic acids is 2. The maximum atomic E-state index is 13.9. The number of aromatic carboxylic acids is 2. The van der Waals surface area contributed by atoms with E-state index in [4.69, 9.17) is 11.6 Å². The molecule has 3 saturated carbocycles. The number of sulfonamides is 2. The second-order valence-corrected chi connectivity index (χ2v) is 28.5. The van der Waals surface area contributed by atoms with Crippen molar-refractivity contribution >= 4 is 95.3 Å². The molecule has 440 valence electrons. The number of nitrogens with zero attached hydrogens (tertiary/aromatic N) is 7. The zero-order chi connectivity index (χ0) is 58.3. The summed E-state index contributed by atoms with van der Waals surface area (Å²) in [5.74, 6) is -2.16. The van der Waals surface area contributed by atoms with Gasteiger partial charge >= 0.3 is 11.9 Å². The van der Waals surface area contributed by atoms with Gasteiger partial charge in [-0.05, 0) is 97.9 Å². The van der Waals surface area contributed by atoms with Gasteiger partial charge in [0.2, 0.25) is 31.9 Å². The van der Waals surface area contributed by atoms with Crippen molar-refractivity contribution in [3.8, 4) is 20.9 Å². The number of pyridine rings is 2. The molecule has 0 spiro atoms. The lowest BCUT2D eigenvalue weighted by atomic mass is 9.82. The van der Waals surface area contributed by atoms with Gasteiger partial charge in [-0.15, -0.1) is 22.7 Å². The first-order valence-electron chi connectivity index (χ1n) is 28.9. The van der Waals surface area contributed by atoms with Gasteiger partial charge in [-0.3, -0.25) is 9.59 Å². The first kappa shape index (κ1) is 60.1. The smallest absolute Gasteiger partial charge is 0.348 e. The molecule has 2 N–H and O–H groups in total. The van der Waals surface area contributed by atoms with Crippen LogP contribution in [-0.2, 0) is 29.6 Å². The van der Waals surface area contributed by atoms with Gasteiger partial charge in [0.1, 0.15) is 30.5 Å². The summed E-state index contributed by atoms with van der Waals surface area (Å²) in [6.45, 7) is 1.27. The Morgan fingerprint density at radius 2 is 0.916 bits per heavy atom. The molecule has 6 fully saturated rings. The van der Waals surface area contributed by atoms with E-state index in [2.05, 4.69) is 14.9 Å². The molecule has 6 aliphatic rings. The van der Waals surface area contributed by atoms with E-state index in [1.54, 1.807) is 34.1 Å². The van der Waals surface area contributed by atoms with Gasteiger partial charge in [-0.1, -0.05) is 143 Å². The zero-order valence-corrected chi connectivity index (χ0v) is 50.3. The highest BCUT2D eigenvalue weighted by molar-refractivity contribution is 7.89. The summed E-state index contributed by atoms with van der Waals surface area (Å²) in [5, 5.41) is 20.3. The molecule has 6 aromatic rings. The van der Waals surface area contributed by atoms with E-state index in [1.807, 2.05) is 60.7 Å². The van der Waals surface area contributed by atoms with Gasteiger partial charge in [0.05, 0.1) is 36.5 Å². The molecule has 17 nitrogen and oxygen atoms in total. The molecule has 7 heterocycles. The number of aromatic nitrogens is 2. The van der Waals surface area contributed by atoms with Crippen LogP contribution in [0.1, 0.15) is 128 Å². The minimum Gasteiger partial charge on any atom is -0.477 e. The Morgan fingerprint density at radius 3 is 1.29 bits per heavy atom. The predicted molar refractivity (Wildman–Crippen MR) is 325 cm³/mol. The number of thiophene rings is 2. The highest BCUT2D eigenvalue weighted by Gasteiger charge is 2.46. The molecule has 22 heteroatoms. The number of benzene rings is 2. The average Bonchev–Trinajstić information content (AvgIpc) is 3.22. The second kappa shape index (κ2) is 26.9. The van der Waals surface area contributed by atoms with Crippen molar-refractivity contribution in [2.45, 2.75) is 131 Å².